The topological polar surface area (TPSA) is 113 Å². The average Bonchev–Trinajstić information content (AvgIpc) is 3.60. The molecule has 4 aliphatic heterocycles. The maximum atomic E-state index is 14.4. The second-order valence-electron chi connectivity index (χ2n) is 19.8. The summed E-state index contributed by atoms with van der Waals surface area (Å²) >= 11 is 13.9. The molecule has 4 aliphatic rings. The molecule has 5 aromatic rings. The molecule has 0 spiro atoms. The number of carbonyl (C=O) groups is 3. The first kappa shape index (κ1) is 52.2. The highest BCUT2D eigenvalue weighted by Crippen LogP contribution is 2.47. The van der Waals surface area contributed by atoms with Gasteiger partial charge in [-0.05, 0) is 104 Å². The Bertz CT molecular complexity index is 2640. The van der Waals surface area contributed by atoms with Crippen LogP contribution in [0, 0.1) is 5.92 Å². The van der Waals surface area contributed by atoms with Crippen LogP contribution in [0.4, 0.5) is 0 Å². The van der Waals surface area contributed by atoms with E-state index < -0.39 is 29.3 Å². The summed E-state index contributed by atoms with van der Waals surface area (Å²) in [6, 6.07) is 46.6. The molecule has 0 radical (unpaired) electrons. The van der Waals surface area contributed by atoms with Gasteiger partial charge in [0.2, 0.25) is 5.91 Å². The van der Waals surface area contributed by atoms with E-state index in [4.69, 9.17) is 42.4 Å². The van der Waals surface area contributed by atoms with Crippen LogP contribution in [0.2, 0.25) is 10.0 Å². The standard InChI is InChI=1S/C60H67Cl2N5O6/c1-65-46-28-29-47(65)38-48(37-46)66-32-34-67(35-33-66)53(68)39-52-56(59(70)72-3)57(54-49(61)25-15-26-50(54)62)55(58(69)71-2)51(64-52)30-27-41-17-13-14-18-42(41)40-73-36-16-31-63-60(43-19-7-4-8-20-43,44-21-9-5-10-22-44)45-23-11-6-12-24-45/h4-15,17-26,46-48,56-57,63H,16,27-40H2,1-3H3. The molecule has 3 saturated heterocycles. The number of fused-ring (bicyclic) bond motifs is 2. The fourth-order valence-corrected chi connectivity index (χ4v) is 12.7. The number of hydrogen-bond acceptors (Lipinski definition) is 10. The maximum Gasteiger partial charge on any atom is 0.336 e. The van der Waals surface area contributed by atoms with Crippen molar-refractivity contribution in [2.45, 2.75) is 87.6 Å². The molecule has 1 N–H and O–H groups in total. The van der Waals surface area contributed by atoms with Crippen LogP contribution in [0.15, 0.2) is 150 Å². The Hall–Kier alpha value is -5.66. The molecule has 3 fully saturated rings. The van der Waals surface area contributed by atoms with Crippen LogP contribution in [0.25, 0.3) is 0 Å². The second kappa shape index (κ2) is 24.1. The minimum Gasteiger partial charge on any atom is -0.468 e. The van der Waals surface area contributed by atoms with Gasteiger partial charge in [0.1, 0.15) is 5.92 Å². The number of piperazine rings is 1. The molecule has 5 aromatic carbocycles. The first-order chi connectivity index (χ1) is 35.6. The number of halogens is 2. The zero-order valence-corrected chi connectivity index (χ0v) is 43.7. The van der Waals surface area contributed by atoms with Crippen LogP contribution >= 0.6 is 23.2 Å². The lowest BCUT2D eigenvalue weighted by Crippen LogP contribution is -2.56. The largest absolute Gasteiger partial charge is 0.468 e. The first-order valence-electron chi connectivity index (χ1n) is 25.8. The number of aliphatic imine (C=N–C) groups is 1. The molecule has 0 aliphatic carbocycles. The number of piperidine rings is 1. The molecule has 0 aromatic heterocycles. The number of nitrogens with zero attached hydrogens (tertiary/aromatic N) is 4. The molecule has 0 saturated carbocycles. The Balaban J connectivity index is 0.925. The van der Waals surface area contributed by atoms with Crippen molar-refractivity contribution >= 4 is 46.8 Å². The Kier molecular flexibility index (Phi) is 17.3. The SMILES string of the molecule is COC(=O)C1=C(CCc2ccccc2COCCCNC(c2ccccc2)(c2ccccc2)c2ccccc2)N=C(CC(=O)N2CCN(C3CC4CCC(C3)N4C)CC2)C(C(=O)OC)C1c1c(Cl)cccc1Cl. The summed E-state index contributed by atoms with van der Waals surface area (Å²) < 4.78 is 17.3. The molecule has 1 amide bonds. The van der Waals surface area contributed by atoms with E-state index in [1.165, 1.54) is 39.9 Å². The first-order valence-corrected chi connectivity index (χ1v) is 26.6. The monoisotopic (exact) mass is 1020 g/mol. The van der Waals surface area contributed by atoms with Gasteiger partial charge >= 0.3 is 11.9 Å². The van der Waals surface area contributed by atoms with Gasteiger partial charge in [-0.1, -0.05) is 145 Å². The molecule has 13 heteroatoms. The van der Waals surface area contributed by atoms with Gasteiger partial charge in [0, 0.05) is 72.6 Å². The second-order valence-corrected chi connectivity index (χ2v) is 20.6. The highest BCUT2D eigenvalue weighted by Gasteiger charge is 2.47. The molecule has 9 rings (SSSR count). The van der Waals surface area contributed by atoms with Gasteiger partial charge in [0.25, 0.3) is 0 Å². The van der Waals surface area contributed by atoms with E-state index in [0.29, 0.717) is 74.4 Å². The fourth-order valence-electron chi connectivity index (χ4n) is 12.0. The van der Waals surface area contributed by atoms with E-state index in [9.17, 15) is 14.4 Å². The lowest BCUT2D eigenvalue weighted by atomic mass is 9.73. The number of carbonyl (C=O) groups excluding carboxylic acids is 3. The summed E-state index contributed by atoms with van der Waals surface area (Å²) in [4.78, 5) is 54.8. The van der Waals surface area contributed by atoms with Crippen molar-refractivity contribution in [1.82, 2.24) is 20.0 Å². The number of allylic oxidation sites excluding steroid dienone is 1. The summed E-state index contributed by atoms with van der Waals surface area (Å²) in [7, 11) is 4.85. The van der Waals surface area contributed by atoms with Crippen LogP contribution in [-0.4, -0.2) is 117 Å². The number of rotatable bonds is 19. The number of nitrogens with one attached hydrogen (secondary N) is 1. The quantitative estimate of drug-likeness (QED) is 0.0491. The molecule has 73 heavy (non-hydrogen) atoms. The molecule has 382 valence electrons. The van der Waals surface area contributed by atoms with E-state index in [2.05, 4.69) is 107 Å². The third kappa shape index (κ3) is 11.4. The van der Waals surface area contributed by atoms with Crippen LogP contribution < -0.4 is 5.32 Å². The average molecular weight is 1030 g/mol. The van der Waals surface area contributed by atoms with Crippen LogP contribution in [0.3, 0.4) is 0 Å². The van der Waals surface area contributed by atoms with Crippen LogP contribution in [0.5, 0.6) is 0 Å². The highest BCUT2D eigenvalue weighted by atomic mass is 35.5. The molecule has 4 atom stereocenters. The van der Waals surface area contributed by atoms with Gasteiger partial charge < -0.3 is 24.0 Å². The maximum absolute atomic E-state index is 14.4. The predicted octanol–water partition coefficient (Wildman–Crippen LogP) is 10.0. The molecule has 2 bridgehead atoms. The Labute approximate surface area is 440 Å². The van der Waals surface area contributed by atoms with Crippen molar-refractivity contribution < 1.29 is 28.6 Å². The molecule has 4 unspecified atom stereocenters. The van der Waals surface area contributed by atoms with Gasteiger partial charge in [-0.3, -0.25) is 24.8 Å². The summed E-state index contributed by atoms with van der Waals surface area (Å²) in [6.07, 6.45) is 6.22. The van der Waals surface area contributed by atoms with E-state index >= 15 is 0 Å². The van der Waals surface area contributed by atoms with Crippen molar-refractivity contribution in [3.63, 3.8) is 0 Å². The Morgan fingerprint density at radius 1 is 0.685 bits per heavy atom. The fraction of sp³-hybridized carbons (Fsp3) is 0.400. The Morgan fingerprint density at radius 3 is 1.81 bits per heavy atom. The van der Waals surface area contributed by atoms with Gasteiger partial charge in [0.05, 0.1) is 44.1 Å². The van der Waals surface area contributed by atoms with Crippen molar-refractivity contribution in [2.24, 2.45) is 10.9 Å². The van der Waals surface area contributed by atoms with Crippen molar-refractivity contribution in [3.8, 4) is 0 Å². The number of hydrogen-bond donors (Lipinski definition) is 1. The molecule has 4 heterocycles. The van der Waals surface area contributed by atoms with Crippen LogP contribution in [0.1, 0.15) is 84.2 Å². The number of aryl methyl sites for hydroxylation is 1. The van der Waals surface area contributed by atoms with Crippen molar-refractivity contribution in [3.05, 3.63) is 188 Å². The summed E-state index contributed by atoms with van der Waals surface area (Å²) in [5.74, 6) is -3.67. The smallest absolute Gasteiger partial charge is 0.336 e. The van der Waals surface area contributed by atoms with Gasteiger partial charge in [-0.25, -0.2) is 4.79 Å². The van der Waals surface area contributed by atoms with Crippen molar-refractivity contribution in [2.75, 3.05) is 60.6 Å². The normalized spacial score (nSPS) is 21.5. The number of ether oxygens (including phenoxy) is 3. The zero-order valence-electron chi connectivity index (χ0n) is 42.2. The minimum atomic E-state index is -1.17. The van der Waals surface area contributed by atoms with Crippen LogP contribution in [-0.2, 0) is 47.2 Å². The molecular weight excluding hydrogens is 958 g/mol. The minimum absolute atomic E-state index is 0.135. The number of amides is 1. The lowest BCUT2D eigenvalue weighted by molar-refractivity contribution is -0.143. The Morgan fingerprint density at radius 2 is 1.25 bits per heavy atom. The summed E-state index contributed by atoms with van der Waals surface area (Å²) in [6.45, 7) is 4.32. The van der Waals surface area contributed by atoms with Crippen molar-refractivity contribution in [1.29, 1.82) is 0 Å². The van der Waals surface area contributed by atoms with E-state index in [-0.39, 0.29) is 34.4 Å². The van der Waals surface area contributed by atoms with Gasteiger partial charge in [-0.15, -0.1) is 0 Å². The molecule has 11 nitrogen and oxygen atoms in total. The third-order valence-electron chi connectivity index (χ3n) is 15.8. The van der Waals surface area contributed by atoms with E-state index in [1.807, 2.05) is 35.2 Å². The number of esters is 2. The summed E-state index contributed by atoms with van der Waals surface area (Å²) in [5, 5.41) is 4.48. The third-order valence-corrected chi connectivity index (χ3v) is 16.5. The van der Waals surface area contributed by atoms with Gasteiger partial charge in [0.15, 0.2) is 0 Å². The van der Waals surface area contributed by atoms with E-state index in [0.717, 1.165) is 47.3 Å². The van der Waals surface area contributed by atoms with E-state index in [1.54, 1.807) is 18.2 Å². The molecular formula is C60H67Cl2N5O6. The summed E-state index contributed by atoms with van der Waals surface area (Å²) in [5.41, 5.74) is 6.13. The zero-order chi connectivity index (χ0) is 50.9. The van der Waals surface area contributed by atoms with Gasteiger partial charge in [-0.2, -0.15) is 0 Å². The number of benzene rings is 5. The highest BCUT2D eigenvalue weighted by molar-refractivity contribution is 6.36. The number of methoxy groups -OCH3 is 2. The predicted molar refractivity (Wildman–Crippen MR) is 288 cm³/mol. The lowest BCUT2D eigenvalue weighted by Gasteiger charge is -2.45.